The van der Waals surface area contributed by atoms with Gasteiger partial charge >= 0.3 is 0 Å². The smallest absolute Gasteiger partial charge is 0.257 e. The van der Waals surface area contributed by atoms with Gasteiger partial charge in [-0.1, -0.05) is 19.1 Å². The Balaban J connectivity index is 1.77. The zero-order valence-electron chi connectivity index (χ0n) is 14.7. The Morgan fingerprint density at radius 1 is 1.16 bits per heavy atom. The van der Waals surface area contributed by atoms with Crippen molar-refractivity contribution in [2.45, 2.75) is 32.4 Å². The Morgan fingerprint density at radius 2 is 1.88 bits per heavy atom. The molecule has 0 unspecified atom stereocenters. The summed E-state index contributed by atoms with van der Waals surface area (Å²) in [5, 5.41) is 10.5. The molecule has 0 aliphatic carbocycles. The van der Waals surface area contributed by atoms with E-state index in [9.17, 15) is 9.50 Å². The average Bonchev–Trinajstić information content (AvgIpc) is 2.88. The third-order valence-electron chi connectivity index (χ3n) is 4.36. The van der Waals surface area contributed by atoms with Gasteiger partial charge in [-0.3, -0.25) is 0 Å². The fourth-order valence-corrected chi connectivity index (χ4v) is 3.15. The van der Waals surface area contributed by atoms with E-state index in [0.717, 1.165) is 23.9 Å². The zero-order valence-corrected chi connectivity index (χ0v) is 14.7. The molecule has 2 aromatic carbocycles. The van der Waals surface area contributed by atoms with E-state index in [1.807, 2.05) is 12.1 Å². The van der Waals surface area contributed by atoms with Crippen LogP contribution in [0.1, 0.15) is 19.2 Å². The first kappa shape index (κ1) is 17.4. The molecule has 1 atom stereocenters. The number of nitrogens with zero attached hydrogens (tertiary/aromatic N) is 2. The number of hydrogen-bond acceptors (Lipinski definition) is 2. The van der Waals surface area contributed by atoms with E-state index in [2.05, 4.69) is 35.2 Å². The van der Waals surface area contributed by atoms with E-state index < -0.39 is 6.10 Å². The number of aliphatic hydroxyl groups excluding tert-OH is 1. The van der Waals surface area contributed by atoms with Crippen molar-refractivity contribution in [1.29, 1.82) is 0 Å². The quantitative estimate of drug-likeness (QED) is 0.670. The molecule has 0 fully saturated rings. The molecule has 4 nitrogen and oxygen atoms in total. The van der Waals surface area contributed by atoms with Crippen LogP contribution in [-0.4, -0.2) is 22.4 Å². The van der Waals surface area contributed by atoms with Crippen LogP contribution in [0.25, 0.3) is 11.0 Å². The number of aliphatic hydroxyl groups is 1. The van der Waals surface area contributed by atoms with Crippen LogP contribution in [0.15, 0.2) is 48.5 Å². The third-order valence-corrected chi connectivity index (χ3v) is 4.36. The van der Waals surface area contributed by atoms with E-state index in [4.69, 9.17) is 4.74 Å². The third kappa shape index (κ3) is 3.82. The molecule has 0 spiro atoms. The number of ether oxygens (including phenoxy) is 1. The molecule has 1 N–H and O–H groups in total. The van der Waals surface area contributed by atoms with Crippen molar-refractivity contribution in [1.82, 2.24) is 4.57 Å². The molecule has 1 aromatic heterocycles. The number of aromatic nitrogens is 2. The molecule has 25 heavy (non-hydrogen) atoms. The predicted octanol–water partition coefficient (Wildman–Crippen LogP) is 3.00. The number of aryl methyl sites for hydroxylation is 1. The highest BCUT2D eigenvalue weighted by molar-refractivity contribution is 5.72. The molecule has 5 heteroatoms. The summed E-state index contributed by atoms with van der Waals surface area (Å²) in [5.74, 6) is 1.44. The van der Waals surface area contributed by atoms with E-state index in [1.54, 1.807) is 12.1 Å². The number of imidazole rings is 1. The maximum absolute atomic E-state index is 12.9. The number of hydrogen-bond donors (Lipinski definition) is 1. The standard InChI is InChI=1S/C20H24FN2O2/c1-3-6-20-22(2)18-7-4-5-8-19(18)23(20)13-16(24)14-25-17-11-9-15(21)10-12-17/h4-5,7-12,16,24H,3,6,13-14H2,1-2H3/q+1/t16-/m0/s1. The van der Waals surface area contributed by atoms with Gasteiger partial charge in [0, 0.05) is 6.42 Å². The molecular weight excluding hydrogens is 319 g/mol. The molecule has 0 saturated heterocycles. The summed E-state index contributed by atoms with van der Waals surface area (Å²) < 4.78 is 22.9. The lowest BCUT2D eigenvalue weighted by Gasteiger charge is -2.12. The molecule has 0 bridgehead atoms. The number of halogens is 1. The maximum Gasteiger partial charge on any atom is 0.257 e. The van der Waals surface area contributed by atoms with E-state index >= 15 is 0 Å². The van der Waals surface area contributed by atoms with Crippen molar-refractivity contribution in [2.75, 3.05) is 6.61 Å². The van der Waals surface area contributed by atoms with Crippen LogP contribution in [0, 0.1) is 5.82 Å². The monoisotopic (exact) mass is 343 g/mol. The minimum Gasteiger partial charge on any atom is -0.491 e. The highest BCUT2D eigenvalue weighted by atomic mass is 19.1. The molecule has 0 aliphatic rings. The van der Waals surface area contributed by atoms with Crippen LogP contribution in [-0.2, 0) is 20.0 Å². The number of para-hydroxylation sites is 2. The molecule has 0 saturated carbocycles. The van der Waals surface area contributed by atoms with Gasteiger partial charge in [-0.15, -0.1) is 0 Å². The fraction of sp³-hybridized carbons (Fsp3) is 0.350. The molecule has 1 heterocycles. The molecule has 3 rings (SSSR count). The first-order valence-electron chi connectivity index (χ1n) is 8.62. The molecule has 0 radical (unpaired) electrons. The Kier molecular flexibility index (Phi) is 5.34. The second-order valence-electron chi connectivity index (χ2n) is 6.24. The minimum absolute atomic E-state index is 0.160. The Morgan fingerprint density at radius 3 is 2.60 bits per heavy atom. The summed E-state index contributed by atoms with van der Waals surface area (Å²) in [7, 11) is 2.06. The summed E-state index contributed by atoms with van der Waals surface area (Å²) in [6.07, 6.45) is 1.32. The summed E-state index contributed by atoms with van der Waals surface area (Å²) in [6, 6.07) is 14.0. The van der Waals surface area contributed by atoms with Gasteiger partial charge in [0.05, 0.1) is 7.05 Å². The second-order valence-corrected chi connectivity index (χ2v) is 6.24. The molecule has 0 aliphatic heterocycles. The summed E-state index contributed by atoms with van der Waals surface area (Å²) >= 11 is 0. The lowest BCUT2D eigenvalue weighted by molar-refractivity contribution is -0.654. The Hall–Kier alpha value is -2.40. The highest BCUT2D eigenvalue weighted by Crippen LogP contribution is 2.17. The molecule has 0 amide bonds. The van der Waals surface area contributed by atoms with Crippen molar-refractivity contribution < 1.29 is 18.8 Å². The number of fused-ring (bicyclic) bond motifs is 1. The largest absolute Gasteiger partial charge is 0.491 e. The normalized spacial score (nSPS) is 12.5. The van der Waals surface area contributed by atoms with E-state index in [0.29, 0.717) is 12.3 Å². The number of benzene rings is 2. The van der Waals surface area contributed by atoms with Crippen molar-refractivity contribution in [3.63, 3.8) is 0 Å². The maximum atomic E-state index is 12.9. The molecule has 132 valence electrons. The van der Waals surface area contributed by atoms with Crippen LogP contribution in [0.2, 0.25) is 0 Å². The van der Waals surface area contributed by atoms with Gasteiger partial charge in [-0.05, 0) is 42.8 Å². The lowest BCUT2D eigenvalue weighted by atomic mass is 10.3. The Bertz CT molecular complexity index is 843. The van der Waals surface area contributed by atoms with Gasteiger partial charge in [0.1, 0.15) is 30.8 Å². The minimum atomic E-state index is -0.656. The van der Waals surface area contributed by atoms with Gasteiger partial charge < -0.3 is 9.84 Å². The SMILES string of the molecule is CCCc1n(C[C@H](O)COc2ccc(F)cc2)c2ccccc2[n+]1C. The average molecular weight is 343 g/mol. The van der Waals surface area contributed by atoms with Gasteiger partial charge in [0.2, 0.25) is 0 Å². The highest BCUT2D eigenvalue weighted by Gasteiger charge is 2.23. The van der Waals surface area contributed by atoms with E-state index in [-0.39, 0.29) is 12.4 Å². The predicted molar refractivity (Wildman–Crippen MR) is 95.0 cm³/mol. The lowest BCUT2D eigenvalue weighted by Crippen LogP contribution is -2.34. The molecule has 3 aromatic rings. The van der Waals surface area contributed by atoms with Crippen LogP contribution in [0.5, 0.6) is 5.75 Å². The van der Waals surface area contributed by atoms with Crippen LogP contribution in [0.3, 0.4) is 0 Å². The van der Waals surface area contributed by atoms with Crippen LogP contribution < -0.4 is 9.30 Å². The zero-order chi connectivity index (χ0) is 17.8. The summed E-state index contributed by atoms with van der Waals surface area (Å²) in [5.41, 5.74) is 2.26. The molecular formula is C20H24FN2O2+. The van der Waals surface area contributed by atoms with E-state index in [1.165, 1.54) is 18.0 Å². The van der Waals surface area contributed by atoms with Gasteiger partial charge in [0.15, 0.2) is 11.0 Å². The summed E-state index contributed by atoms with van der Waals surface area (Å²) in [4.78, 5) is 0. The second kappa shape index (κ2) is 7.66. The fourth-order valence-electron chi connectivity index (χ4n) is 3.15. The van der Waals surface area contributed by atoms with Crippen LogP contribution in [0.4, 0.5) is 4.39 Å². The van der Waals surface area contributed by atoms with Crippen molar-refractivity contribution >= 4 is 11.0 Å². The first-order valence-corrected chi connectivity index (χ1v) is 8.62. The van der Waals surface area contributed by atoms with Gasteiger partial charge in [-0.25, -0.2) is 13.5 Å². The van der Waals surface area contributed by atoms with Gasteiger partial charge in [-0.2, -0.15) is 0 Å². The summed E-state index contributed by atoms with van der Waals surface area (Å²) in [6.45, 7) is 2.77. The van der Waals surface area contributed by atoms with Gasteiger partial charge in [0.25, 0.3) is 5.82 Å². The van der Waals surface area contributed by atoms with Crippen LogP contribution >= 0.6 is 0 Å². The Labute approximate surface area is 147 Å². The van der Waals surface area contributed by atoms with Crippen molar-refractivity contribution in [3.8, 4) is 5.75 Å². The van der Waals surface area contributed by atoms with Crippen molar-refractivity contribution in [3.05, 3.63) is 60.2 Å². The topological polar surface area (TPSA) is 38.3 Å². The first-order chi connectivity index (χ1) is 12.1. The number of rotatable bonds is 7. The van der Waals surface area contributed by atoms with Crippen molar-refractivity contribution in [2.24, 2.45) is 7.05 Å².